The molecule has 0 amide bonds. The Labute approximate surface area is 89.3 Å². The van der Waals surface area contributed by atoms with Gasteiger partial charge in [0.2, 0.25) is 0 Å². The van der Waals surface area contributed by atoms with Gasteiger partial charge in [0.25, 0.3) is 0 Å². The summed E-state index contributed by atoms with van der Waals surface area (Å²) in [5.41, 5.74) is 0.579. The lowest BCUT2D eigenvalue weighted by molar-refractivity contribution is 0.0629. The SMILES string of the molecule is CC(C)N1CN(C(C)(C)C)C(C)(C)C1. The van der Waals surface area contributed by atoms with Crippen LogP contribution in [0, 0.1) is 0 Å². The lowest BCUT2D eigenvalue weighted by atomic mass is 9.97. The molecule has 0 spiro atoms. The second kappa shape index (κ2) is 3.49. The van der Waals surface area contributed by atoms with Crippen LogP contribution in [0.4, 0.5) is 0 Å². The van der Waals surface area contributed by atoms with E-state index >= 15 is 0 Å². The van der Waals surface area contributed by atoms with Gasteiger partial charge < -0.3 is 0 Å². The quantitative estimate of drug-likeness (QED) is 0.639. The normalized spacial score (nSPS) is 24.9. The summed E-state index contributed by atoms with van der Waals surface area (Å²) >= 11 is 0. The fourth-order valence-corrected chi connectivity index (χ4v) is 2.47. The second-order valence-electron chi connectivity index (χ2n) is 6.39. The summed E-state index contributed by atoms with van der Waals surface area (Å²) in [6.07, 6.45) is 0. The Morgan fingerprint density at radius 1 is 1.14 bits per heavy atom. The fourth-order valence-electron chi connectivity index (χ4n) is 2.47. The average molecular weight is 198 g/mol. The van der Waals surface area contributed by atoms with Gasteiger partial charge in [-0.05, 0) is 48.5 Å². The molecule has 0 N–H and O–H groups in total. The van der Waals surface area contributed by atoms with Crippen LogP contribution < -0.4 is 0 Å². The number of hydrogen-bond donors (Lipinski definition) is 0. The van der Waals surface area contributed by atoms with Gasteiger partial charge in [-0.15, -0.1) is 0 Å². The van der Waals surface area contributed by atoms with Crippen molar-refractivity contribution >= 4 is 0 Å². The van der Waals surface area contributed by atoms with Gasteiger partial charge in [-0.1, -0.05) is 0 Å². The zero-order chi connectivity index (χ0) is 11.1. The molecule has 84 valence electrons. The first-order valence-corrected chi connectivity index (χ1v) is 5.66. The highest BCUT2D eigenvalue weighted by molar-refractivity contribution is 4.97. The molecule has 1 saturated heterocycles. The van der Waals surface area contributed by atoms with Crippen molar-refractivity contribution in [2.24, 2.45) is 0 Å². The summed E-state index contributed by atoms with van der Waals surface area (Å²) in [6, 6.07) is 0.654. The molecule has 1 aliphatic rings. The molecule has 0 bridgehead atoms. The smallest absolute Gasteiger partial charge is 0.0519 e. The van der Waals surface area contributed by atoms with Crippen LogP contribution in [0.15, 0.2) is 0 Å². The summed E-state index contributed by atoms with van der Waals surface area (Å²) in [5.74, 6) is 0. The van der Waals surface area contributed by atoms with E-state index in [2.05, 4.69) is 58.3 Å². The van der Waals surface area contributed by atoms with Crippen LogP contribution in [0.3, 0.4) is 0 Å². The second-order valence-corrected chi connectivity index (χ2v) is 6.39. The summed E-state index contributed by atoms with van der Waals surface area (Å²) in [6.45, 7) is 18.5. The Bertz CT molecular complexity index is 201. The van der Waals surface area contributed by atoms with Gasteiger partial charge in [0, 0.05) is 23.7 Å². The lowest BCUT2D eigenvalue weighted by Gasteiger charge is -2.41. The summed E-state index contributed by atoms with van der Waals surface area (Å²) in [4.78, 5) is 5.14. The van der Waals surface area contributed by atoms with E-state index in [0.717, 1.165) is 6.67 Å². The molecule has 1 rings (SSSR count). The van der Waals surface area contributed by atoms with Crippen molar-refractivity contribution < 1.29 is 0 Å². The van der Waals surface area contributed by atoms with Crippen molar-refractivity contribution in [3.05, 3.63) is 0 Å². The highest BCUT2D eigenvalue weighted by Crippen LogP contribution is 2.32. The van der Waals surface area contributed by atoms with E-state index in [-0.39, 0.29) is 5.54 Å². The van der Waals surface area contributed by atoms with Crippen LogP contribution in [-0.2, 0) is 0 Å². The van der Waals surface area contributed by atoms with E-state index < -0.39 is 0 Å². The minimum absolute atomic E-state index is 0.271. The first kappa shape index (κ1) is 12.0. The Balaban J connectivity index is 2.79. The van der Waals surface area contributed by atoms with Crippen LogP contribution >= 0.6 is 0 Å². The summed E-state index contributed by atoms with van der Waals surface area (Å²) in [5, 5.41) is 0. The van der Waals surface area contributed by atoms with Crippen LogP contribution in [0.2, 0.25) is 0 Å². The molecule has 1 aliphatic heterocycles. The van der Waals surface area contributed by atoms with Crippen molar-refractivity contribution in [1.82, 2.24) is 9.80 Å². The molecule has 14 heavy (non-hydrogen) atoms. The van der Waals surface area contributed by atoms with E-state index in [1.54, 1.807) is 0 Å². The van der Waals surface area contributed by atoms with Crippen LogP contribution in [0.25, 0.3) is 0 Å². The van der Waals surface area contributed by atoms with E-state index in [1.165, 1.54) is 6.54 Å². The molecule has 1 heterocycles. The molecular formula is C12H26N2. The van der Waals surface area contributed by atoms with Gasteiger partial charge in [0.15, 0.2) is 0 Å². The fraction of sp³-hybridized carbons (Fsp3) is 1.00. The third-order valence-corrected chi connectivity index (χ3v) is 3.18. The third-order valence-electron chi connectivity index (χ3n) is 3.18. The third kappa shape index (κ3) is 2.29. The van der Waals surface area contributed by atoms with Gasteiger partial charge in [0.05, 0.1) is 6.67 Å². The number of rotatable bonds is 1. The molecule has 0 atom stereocenters. The topological polar surface area (TPSA) is 6.48 Å². The van der Waals surface area contributed by atoms with Crippen molar-refractivity contribution in [3.63, 3.8) is 0 Å². The highest BCUT2D eigenvalue weighted by Gasteiger charge is 2.42. The maximum atomic E-state index is 2.60. The highest BCUT2D eigenvalue weighted by atomic mass is 15.4. The molecule has 1 fully saturated rings. The molecular weight excluding hydrogens is 172 g/mol. The predicted octanol–water partition coefficient (Wildman–Crippen LogP) is 2.55. The van der Waals surface area contributed by atoms with Crippen LogP contribution in [0.1, 0.15) is 48.5 Å². The number of hydrogen-bond acceptors (Lipinski definition) is 2. The molecule has 2 heteroatoms. The van der Waals surface area contributed by atoms with Gasteiger partial charge in [0.1, 0.15) is 0 Å². The minimum atomic E-state index is 0.271. The van der Waals surface area contributed by atoms with Crippen molar-refractivity contribution in [2.75, 3.05) is 13.2 Å². The maximum Gasteiger partial charge on any atom is 0.0519 e. The first-order chi connectivity index (χ1) is 6.14. The first-order valence-electron chi connectivity index (χ1n) is 5.66. The Morgan fingerprint density at radius 2 is 1.64 bits per heavy atom. The lowest BCUT2D eigenvalue weighted by Crippen LogP contribution is -2.51. The molecule has 2 nitrogen and oxygen atoms in total. The Kier molecular flexibility index (Phi) is 2.99. The molecule has 0 unspecified atom stereocenters. The van der Waals surface area contributed by atoms with Crippen LogP contribution in [0.5, 0.6) is 0 Å². The van der Waals surface area contributed by atoms with E-state index in [9.17, 15) is 0 Å². The van der Waals surface area contributed by atoms with Crippen molar-refractivity contribution in [2.45, 2.75) is 65.6 Å². The molecule has 0 radical (unpaired) electrons. The predicted molar refractivity (Wildman–Crippen MR) is 62.4 cm³/mol. The monoisotopic (exact) mass is 198 g/mol. The van der Waals surface area contributed by atoms with Gasteiger partial charge in [-0.2, -0.15) is 0 Å². The molecule has 0 aliphatic carbocycles. The van der Waals surface area contributed by atoms with E-state index in [4.69, 9.17) is 0 Å². The van der Waals surface area contributed by atoms with Crippen molar-refractivity contribution in [1.29, 1.82) is 0 Å². The average Bonchev–Trinajstić information content (AvgIpc) is 2.24. The summed E-state index contributed by atoms with van der Waals surface area (Å²) in [7, 11) is 0. The zero-order valence-electron chi connectivity index (χ0n) is 10.9. The van der Waals surface area contributed by atoms with E-state index in [1.807, 2.05) is 0 Å². The largest absolute Gasteiger partial charge is 0.286 e. The van der Waals surface area contributed by atoms with Gasteiger partial charge >= 0.3 is 0 Å². The minimum Gasteiger partial charge on any atom is -0.286 e. The zero-order valence-corrected chi connectivity index (χ0v) is 10.9. The maximum absolute atomic E-state index is 2.60. The molecule has 0 aromatic carbocycles. The molecule has 0 aromatic heterocycles. The number of nitrogens with zero attached hydrogens (tertiary/aromatic N) is 2. The standard InChI is InChI=1S/C12H26N2/c1-10(2)13-8-12(6,7)14(9-13)11(3,4)5/h10H,8-9H2,1-7H3. The van der Waals surface area contributed by atoms with E-state index in [0.29, 0.717) is 11.6 Å². The Hall–Kier alpha value is -0.0800. The summed E-state index contributed by atoms with van der Waals surface area (Å²) < 4.78 is 0. The molecule has 0 saturated carbocycles. The van der Waals surface area contributed by atoms with Gasteiger partial charge in [-0.25, -0.2) is 0 Å². The Morgan fingerprint density at radius 3 is 1.86 bits per heavy atom. The van der Waals surface area contributed by atoms with Gasteiger partial charge in [-0.3, -0.25) is 9.80 Å². The molecule has 0 aromatic rings. The van der Waals surface area contributed by atoms with Crippen molar-refractivity contribution in [3.8, 4) is 0 Å². The van der Waals surface area contributed by atoms with Crippen LogP contribution in [-0.4, -0.2) is 40.1 Å².